The van der Waals surface area contributed by atoms with Crippen molar-refractivity contribution in [3.05, 3.63) is 0 Å². The first kappa shape index (κ1) is 103. The van der Waals surface area contributed by atoms with Crippen LogP contribution in [0.15, 0.2) is 0 Å². The van der Waals surface area contributed by atoms with Gasteiger partial charge >= 0.3 is 39.5 Å². The van der Waals surface area contributed by atoms with Crippen LogP contribution in [0, 0.1) is 17.8 Å². The lowest BCUT2D eigenvalue weighted by molar-refractivity contribution is -0.161. The second kappa shape index (κ2) is 76.1. The second-order valence-corrected chi connectivity index (χ2v) is 35.3. The molecule has 0 aliphatic carbocycles. The largest absolute Gasteiger partial charge is 0.472 e. The number of hydrogen-bond acceptors (Lipinski definition) is 15. The average molecular weight is 1540 g/mol. The molecule has 3 N–H and O–H groups in total. The molecule has 19 heteroatoms. The van der Waals surface area contributed by atoms with Gasteiger partial charge in [-0.3, -0.25) is 37.3 Å². The van der Waals surface area contributed by atoms with Crippen molar-refractivity contribution in [1.82, 2.24) is 0 Å². The van der Waals surface area contributed by atoms with E-state index < -0.39 is 97.5 Å². The molecule has 0 amide bonds. The Morgan fingerprint density at radius 3 is 0.648 bits per heavy atom. The Bertz CT molecular complexity index is 2030. The quantitative estimate of drug-likeness (QED) is 0.0222. The average Bonchev–Trinajstić information content (AvgIpc) is 0.906. The van der Waals surface area contributed by atoms with Crippen LogP contribution < -0.4 is 0 Å². The van der Waals surface area contributed by atoms with Crippen molar-refractivity contribution in [2.75, 3.05) is 39.6 Å². The number of rotatable bonds is 84. The molecule has 0 aromatic rings. The summed E-state index contributed by atoms with van der Waals surface area (Å²) < 4.78 is 68.9. The minimum atomic E-state index is -4.97. The number of carbonyl (C=O) groups excluding carboxylic acids is 4. The number of phosphoric ester groups is 2. The van der Waals surface area contributed by atoms with Gasteiger partial charge in [-0.15, -0.1) is 0 Å². The predicted octanol–water partition coefficient (Wildman–Crippen LogP) is 26.1. The Kier molecular flexibility index (Phi) is 74.7. The van der Waals surface area contributed by atoms with Gasteiger partial charge in [-0.1, -0.05) is 402 Å². The SMILES string of the molecule is CCCCCCCCCCCCC(=O)OC[C@H](COP(=O)(O)OC[C@H](O)COP(=O)(O)OC[C@@H](COC(=O)CCCCCCCCCCCCCCCCCCC(C)C)OC(=O)CCCCCCCCCCCCCCCCCCC(C)C)OC(=O)CCCCCCCCCCCCCCCCC(C)C. The molecule has 0 aliphatic heterocycles. The van der Waals surface area contributed by atoms with E-state index in [1.807, 2.05) is 0 Å². The summed E-state index contributed by atoms with van der Waals surface area (Å²) in [5, 5.41) is 10.7. The third-order valence-electron chi connectivity index (χ3n) is 20.1. The van der Waals surface area contributed by atoms with E-state index in [1.54, 1.807) is 0 Å². The Hall–Kier alpha value is -1.94. The minimum absolute atomic E-state index is 0.108. The van der Waals surface area contributed by atoms with E-state index in [9.17, 15) is 43.2 Å². The molecule has 0 heterocycles. The number of aliphatic hydroxyl groups is 1. The van der Waals surface area contributed by atoms with Crippen molar-refractivity contribution in [3.63, 3.8) is 0 Å². The smallest absolute Gasteiger partial charge is 0.462 e. The zero-order valence-electron chi connectivity index (χ0n) is 69.2. The number of phosphoric acid groups is 2. The summed E-state index contributed by atoms with van der Waals surface area (Å²) in [6.07, 6.45) is 66.6. The van der Waals surface area contributed by atoms with Gasteiger partial charge in [0, 0.05) is 25.7 Å². The van der Waals surface area contributed by atoms with Crippen LogP contribution in [0.5, 0.6) is 0 Å². The van der Waals surface area contributed by atoms with Gasteiger partial charge in [0.15, 0.2) is 12.2 Å². The number of aliphatic hydroxyl groups excluding tert-OH is 1. The molecule has 0 spiro atoms. The van der Waals surface area contributed by atoms with Crippen LogP contribution in [0.3, 0.4) is 0 Å². The molecule has 0 rings (SSSR count). The number of carbonyl (C=O) groups is 4. The van der Waals surface area contributed by atoms with Gasteiger partial charge in [0.1, 0.15) is 19.3 Å². The van der Waals surface area contributed by atoms with Crippen molar-refractivity contribution in [2.45, 2.75) is 471 Å². The van der Waals surface area contributed by atoms with E-state index >= 15 is 0 Å². The lowest BCUT2D eigenvalue weighted by atomic mass is 10.0. The van der Waals surface area contributed by atoms with Crippen molar-refractivity contribution in [1.29, 1.82) is 0 Å². The highest BCUT2D eigenvalue weighted by Crippen LogP contribution is 2.45. The highest BCUT2D eigenvalue weighted by Gasteiger charge is 2.30. The number of hydrogen-bond donors (Lipinski definition) is 3. The predicted molar refractivity (Wildman–Crippen MR) is 432 cm³/mol. The molecule has 17 nitrogen and oxygen atoms in total. The van der Waals surface area contributed by atoms with Crippen molar-refractivity contribution in [3.8, 4) is 0 Å². The molecule has 5 atom stereocenters. The highest BCUT2D eigenvalue weighted by molar-refractivity contribution is 7.47. The molecule has 105 heavy (non-hydrogen) atoms. The first-order chi connectivity index (χ1) is 50.7. The fourth-order valence-electron chi connectivity index (χ4n) is 13.4. The highest BCUT2D eigenvalue weighted by atomic mass is 31.2. The number of ether oxygens (including phenoxy) is 4. The summed E-state index contributed by atoms with van der Waals surface area (Å²) >= 11 is 0. The van der Waals surface area contributed by atoms with E-state index in [4.69, 9.17) is 37.0 Å². The summed E-state index contributed by atoms with van der Waals surface area (Å²) in [7, 11) is -9.93. The molecule has 0 bridgehead atoms. The maximum atomic E-state index is 13.1. The number of esters is 4. The molecule has 0 fully saturated rings. The molecule has 0 aromatic carbocycles. The third-order valence-corrected chi connectivity index (χ3v) is 22.0. The molecule has 0 saturated heterocycles. The fraction of sp³-hybridized carbons (Fsp3) is 0.953. The fourth-order valence-corrected chi connectivity index (χ4v) is 14.9. The summed E-state index contributed by atoms with van der Waals surface area (Å²) in [4.78, 5) is 73.2. The van der Waals surface area contributed by atoms with Crippen LogP contribution in [-0.4, -0.2) is 96.7 Å². The third kappa shape index (κ3) is 79.9. The molecule has 0 aromatic heterocycles. The zero-order chi connectivity index (χ0) is 77.2. The summed E-state index contributed by atoms with van der Waals surface area (Å²) in [5.41, 5.74) is 0. The van der Waals surface area contributed by atoms with E-state index in [0.29, 0.717) is 25.7 Å². The van der Waals surface area contributed by atoms with Crippen LogP contribution in [0.1, 0.15) is 453 Å². The topological polar surface area (TPSA) is 237 Å². The maximum absolute atomic E-state index is 13.1. The normalized spacial score (nSPS) is 13.9. The second-order valence-electron chi connectivity index (χ2n) is 32.4. The Labute approximate surface area is 645 Å². The van der Waals surface area contributed by atoms with Gasteiger partial charge in [0.05, 0.1) is 26.4 Å². The van der Waals surface area contributed by atoms with E-state index in [-0.39, 0.29) is 25.7 Å². The van der Waals surface area contributed by atoms with E-state index in [2.05, 4.69) is 48.5 Å². The summed E-state index contributed by atoms with van der Waals surface area (Å²) in [6, 6.07) is 0. The van der Waals surface area contributed by atoms with Gasteiger partial charge < -0.3 is 33.8 Å². The molecule has 2 unspecified atom stereocenters. The molecular weight excluding hydrogens is 1370 g/mol. The molecule has 0 radical (unpaired) electrons. The Morgan fingerprint density at radius 2 is 0.438 bits per heavy atom. The van der Waals surface area contributed by atoms with Gasteiger partial charge in [-0.25, -0.2) is 9.13 Å². The van der Waals surface area contributed by atoms with Crippen LogP contribution in [0.4, 0.5) is 0 Å². The first-order valence-corrected chi connectivity index (χ1v) is 47.3. The van der Waals surface area contributed by atoms with Crippen LogP contribution in [0.2, 0.25) is 0 Å². The molecular formula is C86H168O17P2. The number of unbranched alkanes of at least 4 members (excludes halogenated alkanes) is 52. The monoisotopic (exact) mass is 1540 g/mol. The molecule has 0 saturated carbocycles. The van der Waals surface area contributed by atoms with Crippen molar-refractivity contribution in [2.24, 2.45) is 17.8 Å². The lowest BCUT2D eigenvalue weighted by Crippen LogP contribution is -2.30. The van der Waals surface area contributed by atoms with Crippen LogP contribution in [-0.2, 0) is 65.4 Å². The van der Waals surface area contributed by atoms with E-state index in [1.165, 1.54) is 263 Å². The zero-order valence-corrected chi connectivity index (χ0v) is 71.0. The van der Waals surface area contributed by atoms with Crippen molar-refractivity contribution >= 4 is 39.5 Å². The van der Waals surface area contributed by atoms with Gasteiger partial charge in [-0.2, -0.15) is 0 Å². The molecule has 624 valence electrons. The van der Waals surface area contributed by atoms with Gasteiger partial charge in [0.25, 0.3) is 0 Å². The van der Waals surface area contributed by atoms with Crippen LogP contribution in [0.25, 0.3) is 0 Å². The standard InChI is InChI=1S/C86H168O17P2/c1-8-9-10-11-12-13-39-46-53-60-67-83(88)96-73-81(102-86(91)70-63-56-49-42-35-29-23-22-26-32-38-45-52-59-66-79(6)7)75-100-104(92,93)98-71-80(87)72-99-105(94,95)101-76-82(103-85(90)69-62-55-48-41-34-28-21-17-15-19-25-31-37-44-51-58-65-78(4)5)74-97-84(89)68-61-54-47-40-33-27-20-16-14-18-24-30-36-43-50-57-64-77(2)3/h77-82,87H,8-76H2,1-7H3,(H,92,93)(H,94,95)/t80-,81+,82+/m0/s1. The van der Waals surface area contributed by atoms with Crippen LogP contribution >= 0.6 is 15.6 Å². The van der Waals surface area contributed by atoms with Gasteiger partial charge in [0.2, 0.25) is 0 Å². The lowest BCUT2D eigenvalue weighted by Gasteiger charge is -2.21. The Balaban J connectivity index is 5.23. The van der Waals surface area contributed by atoms with Gasteiger partial charge in [-0.05, 0) is 43.4 Å². The minimum Gasteiger partial charge on any atom is -0.462 e. The summed E-state index contributed by atoms with van der Waals surface area (Å²) in [6.45, 7) is 12.1. The van der Waals surface area contributed by atoms with E-state index in [0.717, 1.165) is 108 Å². The van der Waals surface area contributed by atoms with Crippen molar-refractivity contribution < 1.29 is 80.2 Å². The Morgan fingerprint density at radius 1 is 0.257 bits per heavy atom. The first-order valence-electron chi connectivity index (χ1n) is 44.3. The maximum Gasteiger partial charge on any atom is 0.472 e. The summed E-state index contributed by atoms with van der Waals surface area (Å²) in [5.74, 6) is 0.314. The molecule has 0 aliphatic rings.